The summed E-state index contributed by atoms with van der Waals surface area (Å²) in [4.78, 5) is 49.7. The number of aromatic hydroxyl groups is 2. The molecule has 0 bridgehead atoms. The first-order valence-corrected chi connectivity index (χ1v) is 9.73. The average molecular weight is 433 g/mol. The molecule has 11 heteroatoms. The smallest absolute Gasteiger partial charge is 0.271 e. The van der Waals surface area contributed by atoms with Crippen LogP contribution in [-0.2, 0) is 14.1 Å². The Morgan fingerprint density at radius 1 is 0.871 bits per heavy atom. The molecule has 11 nitrogen and oxygen atoms in total. The summed E-state index contributed by atoms with van der Waals surface area (Å²) in [6, 6.07) is 2.35. The molecule has 0 saturated carbocycles. The van der Waals surface area contributed by atoms with Crippen molar-refractivity contribution in [3.63, 3.8) is 0 Å². The number of likely N-dealkylation sites (N-methyl/N-ethyl adjacent to an activating group) is 1. The quantitative estimate of drug-likeness (QED) is 0.396. The summed E-state index contributed by atoms with van der Waals surface area (Å²) >= 11 is 0. The fourth-order valence-corrected chi connectivity index (χ4v) is 3.02. The Kier molecular flexibility index (Phi) is 7.97. The van der Waals surface area contributed by atoms with Gasteiger partial charge in [0.25, 0.3) is 11.8 Å². The molecule has 0 fully saturated rings. The van der Waals surface area contributed by atoms with Crippen molar-refractivity contribution in [1.82, 2.24) is 24.7 Å². The summed E-state index contributed by atoms with van der Waals surface area (Å²) in [5.74, 6) is -2.34. The Labute approximate surface area is 178 Å². The summed E-state index contributed by atoms with van der Waals surface area (Å²) < 4.78 is 2.73. The Hall–Kier alpha value is -3.60. The van der Waals surface area contributed by atoms with Gasteiger partial charge in [-0.15, -0.1) is 0 Å². The lowest BCUT2D eigenvalue weighted by atomic mass is 10.3. The molecular formula is C20H27N5O6. The highest BCUT2D eigenvalue weighted by atomic mass is 16.3. The second-order valence-corrected chi connectivity index (χ2v) is 6.92. The van der Waals surface area contributed by atoms with Crippen LogP contribution in [0.3, 0.4) is 0 Å². The van der Waals surface area contributed by atoms with Crippen LogP contribution >= 0.6 is 0 Å². The van der Waals surface area contributed by atoms with Crippen molar-refractivity contribution in [3.05, 3.63) is 56.4 Å². The third-order valence-electron chi connectivity index (χ3n) is 4.82. The molecule has 2 rings (SSSR count). The normalized spacial score (nSPS) is 10.8. The largest absolute Gasteiger partial charge is 0.503 e. The first-order valence-electron chi connectivity index (χ1n) is 9.73. The number of nitrogens with one attached hydrogen (secondary N) is 2. The number of hydrogen-bond donors (Lipinski definition) is 4. The van der Waals surface area contributed by atoms with Crippen LogP contribution in [-0.4, -0.2) is 68.8 Å². The molecule has 0 aromatic carbocycles. The SMILES string of the molecule is CCN(CCNC(=O)c1c(O)c(=O)ccn1C)CCNC(=O)c1c(O)c(=O)ccn1C. The lowest BCUT2D eigenvalue weighted by Crippen LogP contribution is -2.40. The van der Waals surface area contributed by atoms with Gasteiger partial charge in [0, 0.05) is 64.8 Å². The number of rotatable bonds is 9. The van der Waals surface area contributed by atoms with Gasteiger partial charge in [-0.3, -0.25) is 19.2 Å². The standard InChI is InChI=1S/C20H27N5O6/c1-4-25(11-7-21-19(30)15-17(28)13(26)5-9-23(15)2)12-8-22-20(31)16-18(29)14(27)6-10-24(16)3/h5-6,9-10,28-29H,4,7-8,11-12H2,1-3H3,(H,21,30)(H,22,31). The molecule has 0 radical (unpaired) electrons. The van der Waals surface area contributed by atoms with Gasteiger partial charge < -0.3 is 34.9 Å². The van der Waals surface area contributed by atoms with Crippen LogP contribution in [0.15, 0.2) is 34.1 Å². The van der Waals surface area contributed by atoms with Gasteiger partial charge in [-0.1, -0.05) is 6.92 Å². The number of amides is 2. The second-order valence-electron chi connectivity index (χ2n) is 6.92. The van der Waals surface area contributed by atoms with Crippen LogP contribution in [0.4, 0.5) is 0 Å². The number of pyridine rings is 2. The van der Waals surface area contributed by atoms with Crippen LogP contribution < -0.4 is 21.5 Å². The van der Waals surface area contributed by atoms with Gasteiger partial charge in [0.2, 0.25) is 10.9 Å². The summed E-state index contributed by atoms with van der Waals surface area (Å²) in [6.45, 7) is 4.02. The first kappa shape index (κ1) is 23.7. The molecule has 2 heterocycles. The predicted octanol–water partition coefficient (Wildman–Crippen LogP) is -1.02. The van der Waals surface area contributed by atoms with Crippen LogP contribution in [0.1, 0.15) is 27.9 Å². The zero-order valence-corrected chi connectivity index (χ0v) is 17.7. The summed E-state index contributed by atoms with van der Waals surface area (Å²) in [5.41, 5.74) is -1.49. The maximum atomic E-state index is 12.3. The second kappa shape index (κ2) is 10.4. The van der Waals surface area contributed by atoms with Crippen molar-refractivity contribution in [1.29, 1.82) is 0 Å². The van der Waals surface area contributed by atoms with E-state index >= 15 is 0 Å². The highest BCUT2D eigenvalue weighted by Crippen LogP contribution is 2.10. The number of carbonyl (C=O) groups is 2. The van der Waals surface area contributed by atoms with Gasteiger partial charge in [-0.25, -0.2) is 0 Å². The Morgan fingerprint density at radius 3 is 1.61 bits per heavy atom. The molecule has 2 amide bonds. The van der Waals surface area contributed by atoms with Crippen LogP contribution in [0.2, 0.25) is 0 Å². The van der Waals surface area contributed by atoms with E-state index in [-0.39, 0.29) is 24.5 Å². The minimum atomic E-state index is -0.629. The molecular weight excluding hydrogens is 406 g/mol. The van der Waals surface area contributed by atoms with Gasteiger partial charge >= 0.3 is 0 Å². The minimum absolute atomic E-state index is 0.115. The number of aromatic nitrogens is 2. The van der Waals surface area contributed by atoms with E-state index in [0.29, 0.717) is 19.6 Å². The van der Waals surface area contributed by atoms with Gasteiger partial charge in [0.1, 0.15) is 0 Å². The average Bonchev–Trinajstić information content (AvgIpc) is 2.73. The van der Waals surface area contributed by atoms with E-state index in [1.54, 1.807) is 14.1 Å². The molecule has 0 aliphatic carbocycles. The summed E-state index contributed by atoms with van der Waals surface area (Å²) in [5, 5.41) is 25.0. The monoisotopic (exact) mass is 433 g/mol. The third kappa shape index (κ3) is 5.72. The maximum absolute atomic E-state index is 12.3. The van der Waals surface area contributed by atoms with Gasteiger partial charge in [0.15, 0.2) is 22.9 Å². The maximum Gasteiger partial charge on any atom is 0.271 e. The Balaban J connectivity index is 1.86. The van der Waals surface area contributed by atoms with Crippen molar-refractivity contribution in [2.75, 3.05) is 32.7 Å². The van der Waals surface area contributed by atoms with E-state index in [1.807, 2.05) is 11.8 Å². The summed E-state index contributed by atoms with van der Waals surface area (Å²) in [6.07, 6.45) is 2.80. The van der Waals surface area contributed by atoms with E-state index in [4.69, 9.17) is 0 Å². The minimum Gasteiger partial charge on any atom is -0.503 e. The van der Waals surface area contributed by atoms with E-state index in [2.05, 4.69) is 10.6 Å². The third-order valence-corrected chi connectivity index (χ3v) is 4.82. The van der Waals surface area contributed by atoms with Gasteiger partial charge in [-0.05, 0) is 6.54 Å². The Bertz CT molecular complexity index is 991. The number of carbonyl (C=O) groups excluding carboxylic acids is 2. The van der Waals surface area contributed by atoms with Crippen molar-refractivity contribution in [2.24, 2.45) is 14.1 Å². The predicted molar refractivity (Wildman–Crippen MR) is 113 cm³/mol. The van der Waals surface area contributed by atoms with Gasteiger partial charge in [0.05, 0.1) is 0 Å². The molecule has 0 unspecified atom stereocenters. The van der Waals surface area contributed by atoms with Crippen molar-refractivity contribution in [2.45, 2.75) is 6.92 Å². The highest BCUT2D eigenvalue weighted by Gasteiger charge is 2.18. The molecule has 168 valence electrons. The van der Waals surface area contributed by atoms with Crippen molar-refractivity contribution < 1.29 is 19.8 Å². The lowest BCUT2D eigenvalue weighted by Gasteiger charge is -2.21. The number of aryl methyl sites for hydroxylation is 2. The lowest BCUT2D eigenvalue weighted by molar-refractivity contribution is 0.0935. The van der Waals surface area contributed by atoms with E-state index in [1.165, 1.54) is 33.7 Å². The molecule has 0 saturated heterocycles. The molecule has 0 aliphatic heterocycles. The number of hydrogen-bond acceptors (Lipinski definition) is 7. The van der Waals surface area contributed by atoms with E-state index < -0.39 is 34.2 Å². The van der Waals surface area contributed by atoms with Crippen molar-refractivity contribution in [3.8, 4) is 11.5 Å². The molecule has 2 aromatic heterocycles. The van der Waals surface area contributed by atoms with E-state index in [0.717, 1.165) is 0 Å². The van der Waals surface area contributed by atoms with Crippen LogP contribution in [0.5, 0.6) is 11.5 Å². The fraction of sp³-hybridized carbons (Fsp3) is 0.400. The van der Waals surface area contributed by atoms with E-state index in [9.17, 15) is 29.4 Å². The zero-order chi connectivity index (χ0) is 23.1. The molecule has 0 atom stereocenters. The topological polar surface area (TPSA) is 146 Å². The van der Waals surface area contributed by atoms with Gasteiger partial charge in [-0.2, -0.15) is 0 Å². The van der Waals surface area contributed by atoms with Crippen molar-refractivity contribution >= 4 is 11.8 Å². The molecule has 0 spiro atoms. The summed E-state index contributed by atoms with van der Waals surface area (Å²) in [7, 11) is 3.10. The molecule has 4 N–H and O–H groups in total. The first-order chi connectivity index (χ1) is 14.7. The molecule has 0 aliphatic rings. The Morgan fingerprint density at radius 2 is 1.26 bits per heavy atom. The fourth-order valence-electron chi connectivity index (χ4n) is 3.02. The number of nitrogens with zero attached hydrogens (tertiary/aromatic N) is 3. The molecule has 2 aromatic rings. The zero-order valence-electron chi connectivity index (χ0n) is 17.7. The van der Waals surface area contributed by atoms with Crippen LogP contribution in [0, 0.1) is 0 Å². The highest BCUT2D eigenvalue weighted by molar-refractivity contribution is 5.95. The molecule has 31 heavy (non-hydrogen) atoms. The van der Waals surface area contributed by atoms with Crippen LogP contribution in [0.25, 0.3) is 0 Å².